The van der Waals surface area contributed by atoms with Crippen molar-refractivity contribution in [1.82, 2.24) is 9.55 Å². The molecule has 0 saturated heterocycles. The van der Waals surface area contributed by atoms with Crippen LogP contribution < -0.4 is 0 Å². The molecule has 0 aliphatic carbocycles. The Morgan fingerprint density at radius 3 is 2.90 bits per heavy atom. The predicted octanol–water partition coefficient (Wildman–Crippen LogP) is 2.52. The fourth-order valence-corrected chi connectivity index (χ4v) is 2.12. The normalized spacial score (nSPS) is 11.5. The summed E-state index contributed by atoms with van der Waals surface area (Å²) in [5.74, 6) is -0.246. The van der Waals surface area contributed by atoms with Gasteiger partial charge in [0, 0.05) is 12.1 Å². The predicted molar refractivity (Wildman–Crippen MR) is 75.1 cm³/mol. The van der Waals surface area contributed by atoms with Crippen molar-refractivity contribution in [3.63, 3.8) is 0 Å². The summed E-state index contributed by atoms with van der Waals surface area (Å²) in [5.41, 5.74) is 2.10. The molecule has 1 N–H and O–H groups in total. The minimum atomic E-state index is -0.904. The molecule has 1 aromatic heterocycles. The van der Waals surface area contributed by atoms with Crippen molar-refractivity contribution in [2.45, 2.75) is 26.3 Å². The Balaban J connectivity index is 2.44. The second kappa shape index (κ2) is 6.02. The zero-order valence-corrected chi connectivity index (χ0v) is 11.2. The summed E-state index contributed by atoms with van der Waals surface area (Å²) >= 11 is 0. The highest BCUT2D eigenvalue weighted by atomic mass is 16.4. The Kier molecular flexibility index (Phi) is 4.16. The number of carbonyl (C=O) groups is 1. The van der Waals surface area contributed by atoms with E-state index < -0.39 is 5.97 Å². The second-order valence-corrected chi connectivity index (χ2v) is 4.35. The van der Waals surface area contributed by atoms with E-state index in [4.69, 9.17) is 10.4 Å². The van der Waals surface area contributed by atoms with E-state index >= 15 is 0 Å². The highest BCUT2D eigenvalue weighted by Crippen LogP contribution is 2.17. The number of carboxylic acids is 1. The third-order valence-corrected chi connectivity index (χ3v) is 3.15. The van der Waals surface area contributed by atoms with Crippen LogP contribution in [-0.4, -0.2) is 20.6 Å². The Bertz CT molecular complexity index is 707. The van der Waals surface area contributed by atoms with Crippen molar-refractivity contribution in [1.29, 1.82) is 5.26 Å². The number of hydrogen-bond acceptors (Lipinski definition) is 3. The van der Waals surface area contributed by atoms with Gasteiger partial charge in [0.2, 0.25) is 0 Å². The number of carboxylic acid groups (broad SMARTS) is 1. The van der Waals surface area contributed by atoms with Gasteiger partial charge in [0.1, 0.15) is 5.82 Å². The molecule has 1 heterocycles. The van der Waals surface area contributed by atoms with Gasteiger partial charge in [-0.2, -0.15) is 5.26 Å². The molecule has 0 bridgehead atoms. The summed E-state index contributed by atoms with van der Waals surface area (Å²) in [6, 6.07) is 9.68. The summed E-state index contributed by atoms with van der Waals surface area (Å²) in [6.07, 6.45) is 2.35. The zero-order valence-electron chi connectivity index (χ0n) is 11.2. The number of aliphatic carboxylic acids is 1. The molecule has 0 amide bonds. The molecule has 20 heavy (non-hydrogen) atoms. The Labute approximate surface area is 116 Å². The van der Waals surface area contributed by atoms with Crippen LogP contribution >= 0.6 is 0 Å². The summed E-state index contributed by atoms with van der Waals surface area (Å²) < 4.78 is 1.89. The smallest absolute Gasteiger partial charge is 0.331 e. The van der Waals surface area contributed by atoms with E-state index in [0.717, 1.165) is 11.0 Å². The van der Waals surface area contributed by atoms with Gasteiger partial charge in [-0.3, -0.25) is 0 Å². The number of imidazole rings is 1. The third-order valence-electron chi connectivity index (χ3n) is 3.15. The highest BCUT2D eigenvalue weighted by molar-refractivity contribution is 5.86. The van der Waals surface area contributed by atoms with Gasteiger partial charge < -0.3 is 9.67 Å². The molecule has 102 valence electrons. The van der Waals surface area contributed by atoms with Crippen molar-refractivity contribution >= 4 is 17.0 Å². The molecular formula is C15H15N3O2. The maximum Gasteiger partial charge on any atom is 0.331 e. The fourth-order valence-electron chi connectivity index (χ4n) is 2.12. The van der Waals surface area contributed by atoms with Gasteiger partial charge in [-0.05, 0) is 18.6 Å². The first kappa shape index (κ1) is 13.8. The van der Waals surface area contributed by atoms with Crippen molar-refractivity contribution < 1.29 is 9.90 Å². The molecule has 0 saturated carbocycles. The van der Waals surface area contributed by atoms with E-state index in [2.05, 4.69) is 11.1 Å². The Morgan fingerprint density at radius 1 is 1.50 bits per heavy atom. The number of nitrogens with zero attached hydrogens (tertiary/aromatic N) is 3. The van der Waals surface area contributed by atoms with Crippen molar-refractivity contribution in [3.05, 3.63) is 41.7 Å². The van der Waals surface area contributed by atoms with Gasteiger partial charge in [0.05, 0.1) is 23.5 Å². The van der Waals surface area contributed by atoms with E-state index in [-0.39, 0.29) is 6.42 Å². The van der Waals surface area contributed by atoms with Crippen LogP contribution in [0.25, 0.3) is 11.0 Å². The van der Waals surface area contributed by atoms with E-state index in [9.17, 15) is 4.79 Å². The van der Waals surface area contributed by atoms with Crippen LogP contribution in [0.5, 0.6) is 0 Å². The lowest BCUT2D eigenvalue weighted by atomic mass is 10.2. The third kappa shape index (κ3) is 2.69. The molecule has 0 spiro atoms. The molecule has 0 aliphatic rings. The summed E-state index contributed by atoms with van der Waals surface area (Å²) in [7, 11) is 0. The molecule has 2 aromatic rings. The Hall–Kier alpha value is -2.61. The van der Waals surface area contributed by atoms with E-state index in [1.54, 1.807) is 6.08 Å². The van der Waals surface area contributed by atoms with E-state index in [0.29, 0.717) is 24.4 Å². The van der Waals surface area contributed by atoms with Crippen LogP contribution in [-0.2, 0) is 17.8 Å². The van der Waals surface area contributed by atoms with Crippen LogP contribution in [0.2, 0.25) is 0 Å². The lowest BCUT2D eigenvalue weighted by molar-refractivity contribution is -0.132. The number of nitriles is 1. The van der Waals surface area contributed by atoms with Crippen LogP contribution in [0.1, 0.15) is 19.2 Å². The van der Waals surface area contributed by atoms with Crippen LogP contribution in [0.3, 0.4) is 0 Å². The summed E-state index contributed by atoms with van der Waals surface area (Å²) in [4.78, 5) is 15.4. The molecule has 0 radical (unpaired) electrons. The number of aromatic nitrogens is 2. The summed E-state index contributed by atoms with van der Waals surface area (Å²) in [5, 5.41) is 17.9. The molecular weight excluding hydrogens is 254 g/mol. The van der Waals surface area contributed by atoms with Gasteiger partial charge in [0.25, 0.3) is 0 Å². The average molecular weight is 269 g/mol. The molecule has 0 fully saturated rings. The van der Waals surface area contributed by atoms with Gasteiger partial charge in [0.15, 0.2) is 0 Å². The van der Waals surface area contributed by atoms with Gasteiger partial charge >= 0.3 is 5.97 Å². The number of para-hydroxylation sites is 2. The van der Waals surface area contributed by atoms with E-state index in [1.165, 1.54) is 0 Å². The van der Waals surface area contributed by atoms with Gasteiger partial charge in [-0.1, -0.05) is 25.1 Å². The number of rotatable bonds is 5. The standard InChI is InChI=1S/C15H15N3O2/c1-2-11(15(19)20)8-10-18-13-6-4-3-5-12(13)17-14(18)7-9-16/h3-6,8H,2,7,10H2,1H3,(H,19,20). The molecule has 0 aliphatic heterocycles. The lowest BCUT2D eigenvalue weighted by Gasteiger charge is -2.05. The number of fused-ring (bicyclic) bond motifs is 1. The number of benzene rings is 1. The second-order valence-electron chi connectivity index (χ2n) is 4.35. The number of allylic oxidation sites excluding steroid dienone is 1. The Morgan fingerprint density at radius 2 is 2.25 bits per heavy atom. The number of hydrogen-bond donors (Lipinski definition) is 1. The maximum atomic E-state index is 11.0. The minimum Gasteiger partial charge on any atom is -0.478 e. The van der Waals surface area contributed by atoms with Crippen LogP contribution in [0.4, 0.5) is 0 Å². The lowest BCUT2D eigenvalue weighted by Crippen LogP contribution is -2.05. The van der Waals surface area contributed by atoms with Gasteiger partial charge in [-0.15, -0.1) is 0 Å². The SMILES string of the molecule is CCC(=CCn1c(CC#N)nc2ccccc21)C(=O)O. The fraction of sp³-hybridized carbons (Fsp3) is 0.267. The van der Waals surface area contributed by atoms with Crippen molar-refractivity contribution in [2.75, 3.05) is 0 Å². The highest BCUT2D eigenvalue weighted by Gasteiger charge is 2.10. The van der Waals surface area contributed by atoms with Crippen LogP contribution in [0, 0.1) is 11.3 Å². The maximum absolute atomic E-state index is 11.0. The molecule has 1 aromatic carbocycles. The zero-order chi connectivity index (χ0) is 14.5. The molecule has 0 unspecified atom stereocenters. The quantitative estimate of drug-likeness (QED) is 0.846. The van der Waals surface area contributed by atoms with Crippen molar-refractivity contribution in [2.24, 2.45) is 0 Å². The summed E-state index contributed by atoms with van der Waals surface area (Å²) in [6.45, 7) is 2.22. The molecule has 5 nitrogen and oxygen atoms in total. The first-order valence-corrected chi connectivity index (χ1v) is 6.40. The van der Waals surface area contributed by atoms with Crippen LogP contribution in [0.15, 0.2) is 35.9 Å². The molecule has 5 heteroatoms. The first-order valence-electron chi connectivity index (χ1n) is 6.40. The largest absolute Gasteiger partial charge is 0.478 e. The monoisotopic (exact) mass is 269 g/mol. The topological polar surface area (TPSA) is 78.9 Å². The average Bonchev–Trinajstić information content (AvgIpc) is 2.77. The van der Waals surface area contributed by atoms with Gasteiger partial charge in [-0.25, -0.2) is 9.78 Å². The minimum absolute atomic E-state index is 0.205. The molecule has 0 atom stereocenters. The first-order chi connectivity index (χ1) is 9.67. The van der Waals surface area contributed by atoms with E-state index in [1.807, 2.05) is 35.8 Å². The van der Waals surface area contributed by atoms with Crippen molar-refractivity contribution in [3.8, 4) is 6.07 Å². The molecule has 2 rings (SSSR count).